The molecule has 0 aromatic heterocycles. The van der Waals surface area contributed by atoms with E-state index in [1.54, 1.807) is 14.2 Å². The molecule has 0 unspecified atom stereocenters. The molecule has 0 saturated carbocycles. The minimum absolute atomic E-state index is 0.732. The molecule has 1 aromatic rings. The number of benzene rings is 1. The monoisotopic (exact) mass is 254 g/mol. The third-order valence-electron chi connectivity index (χ3n) is 2.07. The minimum atomic E-state index is 0.732. The molecule has 0 amide bonds. The predicted molar refractivity (Wildman–Crippen MR) is 75.6 cm³/mol. The highest BCUT2D eigenvalue weighted by Crippen LogP contribution is 2.17. The fraction of sp³-hybridized carbons (Fsp3) is 0.600. The van der Waals surface area contributed by atoms with Crippen LogP contribution in [0.2, 0.25) is 0 Å². The molecule has 0 aliphatic rings. The van der Waals surface area contributed by atoms with Gasteiger partial charge in [0, 0.05) is 13.7 Å². The van der Waals surface area contributed by atoms with Crippen LogP contribution in [0.25, 0.3) is 0 Å². The van der Waals surface area contributed by atoms with Crippen molar-refractivity contribution in [2.45, 2.75) is 33.1 Å². The Labute approximate surface area is 111 Å². The van der Waals surface area contributed by atoms with Gasteiger partial charge < -0.3 is 14.2 Å². The van der Waals surface area contributed by atoms with Gasteiger partial charge in [0.15, 0.2) is 0 Å². The van der Waals surface area contributed by atoms with Gasteiger partial charge in [-0.2, -0.15) is 0 Å². The van der Waals surface area contributed by atoms with Crippen LogP contribution in [0.1, 0.15) is 33.1 Å². The Morgan fingerprint density at radius 3 is 1.83 bits per heavy atom. The first-order valence-corrected chi connectivity index (χ1v) is 6.54. The van der Waals surface area contributed by atoms with E-state index in [0.29, 0.717) is 0 Å². The van der Waals surface area contributed by atoms with Crippen molar-refractivity contribution < 1.29 is 14.2 Å². The molecular formula is C15H26O3. The van der Waals surface area contributed by atoms with Gasteiger partial charge in [-0.15, -0.1) is 0 Å². The lowest BCUT2D eigenvalue weighted by Crippen LogP contribution is -1.99. The van der Waals surface area contributed by atoms with Gasteiger partial charge in [0.25, 0.3) is 0 Å². The van der Waals surface area contributed by atoms with E-state index >= 15 is 0 Å². The molecule has 0 bridgehead atoms. The summed E-state index contributed by atoms with van der Waals surface area (Å²) in [5.74, 6) is 1.73. The summed E-state index contributed by atoms with van der Waals surface area (Å²) in [6, 6.07) is 7.61. The zero-order valence-electron chi connectivity index (χ0n) is 12.1. The first-order valence-electron chi connectivity index (χ1n) is 6.54. The van der Waals surface area contributed by atoms with Gasteiger partial charge in [-0.25, -0.2) is 0 Å². The maximum Gasteiger partial charge on any atom is 0.119 e. The van der Waals surface area contributed by atoms with Crippen LogP contribution in [0.15, 0.2) is 24.3 Å². The van der Waals surface area contributed by atoms with Crippen LogP contribution in [0.3, 0.4) is 0 Å². The molecule has 0 fully saturated rings. The summed E-state index contributed by atoms with van der Waals surface area (Å²) in [4.78, 5) is 0. The number of rotatable bonds is 7. The van der Waals surface area contributed by atoms with E-state index in [0.717, 1.165) is 37.6 Å². The highest BCUT2D eigenvalue weighted by atomic mass is 16.5. The van der Waals surface area contributed by atoms with Gasteiger partial charge in [0.1, 0.15) is 11.5 Å². The maximum absolute atomic E-state index is 5.54. The van der Waals surface area contributed by atoms with Gasteiger partial charge in [-0.1, -0.05) is 20.3 Å². The Bertz CT molecular complexity index is 270. The van der Waals surface area contributed by atoms with E-state index in [4.69, 9.17) is 14.2 Å². The van der Waals surface area contributed by atoms with Gasteiger partial charge in [0.05, 0.1) is 13.7 Å². The van der Waals surface area contributed by atoms with Gasteiger partial charge in [0.2, 0.25) is 0 Å². The number of ether oxygens (including phenoxy) is 3. The normalized spacial score (nSPS) is 9.33. The number of methoxy groups -OCH3 is 2. The molecule has 1 aromatic carbocycles. The van der Waals surface area contributed by atoms with Crippen LogP contribution < -0.4 is 9.47 Å². The quantitative estimate of drug-likeness (QED) is 0.690. The van der Waals surface area contributed by atoms with Crippen LogP contribution in [-0.2, 0) is 4.74 Å². The zero-order chi connectivity index (χ0) is 13.6. The summed E-state index contributed by atoms with van der Waals surface area (Å²) in [5.41, 5.74) is 0. The second-order valence-corrected chi connectivity index (χ2v) is 3.93. The molecule has 0 heterocycles. The van der Waals surface area contributed by atoms with E-state index in [1.807, 2.05) is 24.3 Å². The van der Waals surface area contributed by atoms with Crippen molar-refractivity contribution >= 4 is 0 Å². The number of hydrogen-bond donors (Lipinski definition) is 0. The summed E-state index contributed by atoms with van der Waals surface area (Å²) in [6.07, 6.45) is 3.30. The number of hydrogen-bond acceptors (Lipinski definition) is 3. The highest BCUT2D eigenvalue weighted by Gasteiger charge is 1.94. The van der Waals surface area contributed by atoms with Crippen LogP contribution in [0, 0.1) is 0 Å². The standard InChI is InChI=1S/C12H18O3.C3H8/c1-13-9-3-4-10-15-12-7-5-11(14-2)6-8-12;1-3-2/h5-8H,3-4,9-10H2,1-2H3;3H2,1-2H3. The Hall–Kier alpha value is -1.22. The molecule has 3 nitrogen and oxygen atoms in total. The van der Waals surface area contributed by atoms with E-state index in [2.05, 4.69) is 13.8 Å². The topological polar surface area (TPSA) is 27.7 Å². The fourth-order valence-electron chi connectivity index (χ4n) is 1.21. The van der Waals surface area contributed by atoms with Gasteiger partial charge >= 0.3 is 0 Å². The fourth-order valence-corrected chi connectivity index (χ4v) is 1.21. The SMILES string of the molecule is CCC.COCCCCOc1ccc(OC)cc1. The second-order valence-electron chi connectivity index (χ2n) is 3.93. The third-order valence-corrected chi connectivity index (χ3v) is 2.07. The van der Waals surface area contributed by atoms with Crippen molar-refractivity contribution in [3.05, 3.63) is 24.3 Å². The predicted octanol–water partition coefficient (Wildman–Crippen LogP) is 3.92. The molecule has 0 atom stereocenters. The summed E-state index contributed by atoms with van der Waals surface area (Å²) < 4.78 is 15.5. The van der Waals surface area contributed by atoms with Crippen molar-refractivity contribution in [3.8, 4) is 11.5 Å². The average Bonchev–Trinajstić information content (AvgIpc) is 2.40. The largest absolute Gasteiger partial charge is 0.497 e. The van der Waals surface area contributed by atoms with Crippen LogP contribution in [-0.4, -0.2) is 27.4 Å². The average molecular weight is 254 g/mol. The molecule has 0 N–H and O–H groups in total. The maximum atomic E-state index is 5.54. The van der Waals surface area contributed by atoms with E-state index in [-0.39, 0.29) is 0 Å². The molecular weight excluding hydrogens is 228 g/mol. The molecule has 0 spiro atoms. The van der Waals surface area contributed by atoms with Crippen molar-refractivity contribution in [2.75, 3.05) is 27.4 Å². The summed E-state index contributed by atoms with van der Waals surface area (Å²) in [5, 5.41) is 0. The molecule has 0 aliphatic carbocycles. The minimum Gasteiger partial charge on any atom is -0.497 e. The van der Waals surface area contributed by atoms with Crippen molar-refractivity contribution in [1.29, 1.82) is 0 Å². The Morgan fingerprint density at radius 2 is 1.33 bits per heavy atom. The van der Waals surface area contributed by atoms with E-state index in [9.17, 15) is 0 Å². The molecule has 3 heteroatoms. The van der Waals surface area contributed by atoms with Crippen molar-refractivity contribution in [1.82, 2.24) is 0 Å². The summed E-state index contributed by atoms with van der Waals surface area (Å²) in [7, 11) is 3.37. The van der Waals surface area contributed by atoms with Crippen LogP contribution >= 0.6 is 0 Å². The van der Waals surface area contributed by atoms with Crippen molar-refractivity contribution in [2.24, 2.45) is 0 Å². The second kappa shape index (κ2) is 12.2. The summed E-state index contributed by atoms with van der Waals surface area (Å²) >= 11 is 0. The van der Waals surface area contributed by atoms with Gasteiger partial charge in [-0.3, -0.25) is 0 Å². The Balaban J connectivity index is 0.000000873. The molecule has 104 valence electrons. The lowest BCUT2D eigenvalue weighted by molar-refractivity contribution is 0.184. The smallest absolute Gasteiger partial charge is 0.119 e. The Kier molecular flexibility index (Phi) is 11.4. The first kappa shape index (κ1) is 16.8. The molecule has 1 rings (SSSR count). The summed E-state index contributed by atoms with van der Waals surface area (Å²) in [6.45, 7) is 5.78. The Morgan fingerprint density at radius 1 is 0.833 bits per heavy atom. The lowest BCUT2D eigenvalue weighted by atomic mass is 10.3. The first-order chi connectivity index (χ1) is 8.78. The van der Waals surface area contributed by atoms with Crippen LogP contribution in [0.4, 0.5) is 0 Å². The molecule has 0 aliphatic heterocycles. The van der Waals surface area contributed by atoms with E-state index in [1.165, 1.54) is 6.42 Å². The van der Waals surface area contributed by atoms with Crippen molar-refractivity contribution in [3.63, 3.8) is 0 Å². The van der Waals surface area contributed by atoms with Crippen LogP contribution in [0.5, 0.6) is 11.5 Å². The van der Waals surface area contributed by atoms with Gasteiger partial charge in [-0.05, 0) is 37.1 Å². The third kappa shape index (κ3) is 8.88. The molecule has 0 saturated heterocycles. The lowest BCUT2D eigenvalue weighted by Gasteiger charge is -2.06. The molecule has 0 radical (unpaired) electrons. The molecule has 18 heavy (non-hydrogen) atoms. The number of unbranched alkanes of at least 4 members (excludes halogenated alkanes) is 1. The highest BCUT2D eigenvalue weighted by molar-refractivity contribution is 5.30. The zero-order valence-corrected chi connectivity index (χ0v) is 12.1. The van der Waals surface area contributed by atoms with E-state index < -0.39 is 0 Å².